The van der Waals surface area contributed by atoms with Crippen LogP contribution < -0.4 is 9.00 Å². The van der Waals surface area contributed by atoms with Gasteiger partial charge in [0.05, 0.1) is 0 Å². The Labute approximate surface area is 150 Å². The Hall–Kier alpha value is -1.62. The van der Waals surface area contributed by atoms with Crippen LogP contribution in [-0.2, 0) is 4.79 Å². The number of pyridine rings is 1. The molecule has 0 aliphatic heterocycles. The molecule has 0 fully saturated rings. The van der Waals surface area contributed by atoms with Crippen LogP contribution in [0.5, 0.6) is 5.75 Å². The fraction of sp³-hybridized carbons (Fsp3) is 0.444. The van der Waals surface area contributed by atoms with Gasteiger partial charge in [-0.1, -0.05) is 0 Å². The monoisotopic (exact) mass is 409 g/mol. The zero-order valence-corrected chi connectivity index (χ0v) is 16.3. The Bertz CT molecular complexity index is 740. The third kappa shape index (κ3) is 4.32. The quantitative estimate of drug-likeness (QED) is 0.372. The first kappa shape index (κ1) is 19.7. The van der Waals surface area contributed by atoms with Gasteiger partial charge in [0.15, 0.2) is 0 Å². The van der Waals surface area contributed by atoms with Crippen molar-refractivity contribution < 1.29 is 20.1 Å². The maximum atomic E-state index is 12.0. The Kier molecular flexibility index (Phi) is 6.82. The number of rotatable bonds is 9. The molecular formula is C18H26AsN2O4. The van der Waals surface area contributed by atoms with E-state index >= 15 is 0 Å². The molecule has 2 atom stereocenters. The van der Waals surface area contributed by atoms with Crippen LogP contribution >= 0.6 is 0 Å². The summed E-state index contributed by atoms with van der Waals surface area (Å²) >= 11 is -3.45. The van der Waals surface area contributed by atoms with Crippen molar-refractivity contribution in [3.05, 3.63) is 30.5 Å². The number of aliphatic carboxylic acids is 1. The van der Waals surface area contributed by atoms with Crippen molar-refractivity contribution in [2.75, 3.05) is 6.61 Å². The predicted octanol–water partition coefficient (Wildman–Crippen LogP) is 2.08. The number of phenols is 1. The number of nitrogens with two attached hydrogens (primary N) is 1. The number of hydrogen-bond donors (Lipinski definition) is 4. The average Bonchev–Trinajstić information content (AvgIpc) is 2.57. The van der Waals surface area contributed by atoms with Crippen molar-refractivity contribution in [1.82, 2.24) is 4.98 Å². The molecule has 2 aromatic rings. The molecule has 0 amide bonds. The Morgan fingerprint density at radius 3 is 2.72 bits per heavy atom. The van der Waals surface area contributed by atoms with Gasteiger partial charge in [0.25, 0.3) is 0 Å². The van der Waals surface area contributed by atoms with E-state index in [0.717, 1.165) is 29.0 Å². The molecule has 137 valence electrons. The second-order valence-electron chi connectivity index (χ2n) is 6.26. The minimum atomic E-state index is -3.45. The summed E-state index contributed by atoms with van der Waals surface area (Å²) < 4.78 is 6.97. The Morgan fingerprint density at radius 2 is 2.08 bits per heavy atom. The number of benzene rings is 1. The number of unbranched alkanes of at least 4 members (excludes halogenated alkanes) is 2. The number of phenolic OH excluding ortho intramolecular Hbond substituents is 1. The van der Waals surface area contributed by atoms with E-state index in [1.165, 1.54) is 0 Å². The second kappa shape index (κ2) is 8.65. The number of hydrogen-bond acceptors (Lipinski definition) is 5. The van der Waals surface area contributed by atoms with Gasteiger partial charge in [0, 0.05) is 0 Å². The van der Waals surface area contributed by atoms with Crippen LogP contribution in [0, 0.1) is 0 Å². The minimum absolute atomic E-state index is 0.102. The molecule has 1 radical (unpaired) electrons. The van der Waals surface area contributed by atoms with E-state index in [1.807, 2.05) is 0 Å². The van der Waals surface area contributed by atoms with Crippen LogP contribution in [0.4, 0.5) is 0 Å². The van der Waals surface area contributed by atoms with Gasteiger partial charge < -0.3 is 0 Å². The molecule has 0 spiro atoms. The summed E-state index contributed by atoms with van der Waals surface area (Å²) in [6.45, 7) is 1.94. The van der Waals surface area contributed by atoms with Crippen LogP contribution in [0.1, 0.15) is 32.6 Å². The molecule has 6 nitrogen and oxygen atoms in total. The molecule has 25 heavy (non-hydrogen) atoms. The summed E-state index contributed by atoms with van der Waals surface area (Å²) in [6.07, 6.45) is 4.90. The number of fused-ring (bicyclic) bond motifs is 1. The van der Waals surface area contributed by atoms with Crippen molar-refractivity contribution in [3.8, 4) is 5.75 Å². The first-order chi connectivity index (χ1) is 11.9. The van der Waals surface area contributed by atoms with E-state index in [4.69, 9.17) is 4.65 Å². The molecule has 5 N–H and O–H groups in total. The van der Waals surface area contributed by atoms with Crippen molar-refractivity contribution in [2.45, 2.75) is 42.5 Å². The first-order valence-electron chi connectivity index (χ1n) is 8.52. The molecule has 0 saturated carbocycles. The summed E-state index contributed by atoms with van der Waals surface area (Å²) in [5.41, 5.74) is 0.587. The molecule has 1 aromatic carbocycles. The zero-order chi connectivity index (χ0) is 18.4. The zero-order valence-electron chi connectivity index (χ0n) is 14.4. The number of aliphatic hydroxyl groups excluding tert-OH is 1. The molecule has 7 heteroatoms. The van der Waals surface area contributed by atoms with Gasteiger partial charge in [0.1, 0.15) is 0 Å². The van der Waals surface area contributed by atoms with E-state index in [-0.39, 0.29) is 12.4 Å². The molecule has 0 aliphatic carbocycles. The molecular weight excluding hydrogens is 383 g/mol. The van der Waals surface area contributed by atoms with Gasteiger partial charge in [-0.3, -0.25) is 0 Å². The number of carboxylic acids is 1. The number of carboxylic acid groups (broad SMARTS) is 1. The van der Waals surface area contributed by atoms with Gasteiger partial charge >= 0.3 is 150 Å². The van der Waals surface area contributed by atoms with Crippen molar-refractivity contribution in [2.24, 2.45) is 4.65 Å². The van der Waals surface area contributed by atoms with Crippen LogP contribution in [0.3, 0.4) is 0 Å². The Balaban J connectivity index is 2.55. The van der Waals surface area contributed by atoms with E-state index in [2.05, 4.69) is 11.9 Å². The van der Waals surface area contributed by atoms with Crippen molar-refractivity contribution in [3.63, 3.8) is 0 Å². The number of nitrogens with zero attached hydrogens (tertiary/aromatic N) is 1. The van der Waals surface area contributed by atoms with Crippen LogP contribution in [0.2, 0.25) is 9.91 Å². The fourth-order valence-electron chi connectivity index (χ4n) is 3.23. The van der Waals surface area contributed by atoms with Gasteiger partial charge in [-0.05, 0) is 0 Å². The molecule has 2 rings (SSSR count). The maximum absolute atomic E-state index is 12.0. The van der Waals surface area contributed by atoms with Gasteiger partial charge in [0.2, 0.25) is 0 Å². The Morgan fingerprint density at radius 1 is 1.32 bits per heavy atom. The van der Waals surface area contributed by atoms with Crippen LogP contribution in [0.25, 0.3) is 10.9 Å². The van der Waals surface area contributed by atoms with E-state index in [1.54, 1.807) is 30.5 Å². The number of aliphatic hydroxyl groups is 1. The normalized spacial score (nSPS) is 15.0. The fourth-order valence-corrected chi connectivity index (χ4v) is 10.0. The predicted molar refractivity (Wildman–Crippen MR) is 100 cm³/mol. The van der Waals surface area contributed by atoms with Crippen LogP contribution in [0.15, 0.2) is 30.5 Å². The van der Waals surface area contributed by atoms with E-state index < -0.39 is 24.5 Å². The molecule has 2 unspecified atom stereocenters. The van der Waals surface area contributed by atoms with Crippen molar-refractivity contribution in [1.29, 1.82) is 0 Å². The van der Waals surface area contributed by atoms with Crippen LogP contribution in [-0.4, -0.2) is 46.7 Å². The summed E-state index contributed by atoms with van der Waals surface area (Å²) in [4.78, 5) is 16.3. The van der Waals surface area contributed by atoms with Gasteiger partial charge in [-0.25, -0.2) is 0 Å². The molecule has 0 saturated heterocycles. The molecule has 0 aliphatic rings. The summed E-state index contributed by atoms with van der Waals surface area (Å²) in [6, 6.07) is 6.63. The summed E-state index contributed by atoms with van der Waals surface area (Å²) in [5, 5.41) is 30.2. The van der Waals surface area contributed by atoms with E-state index in [0.29, 0.717) is 17.1 Å². The van der Waals surface area contributed by atoms with E-state index in [9.17, 15) is 20.1 Å². The number of carbonyl (C=O) groups is 1. The molecule has 0 bridgehead atoms. The third-order valence-corrected chi connectivity index (χ3v) is 12.6. The third-order valence-electron chi connectivity index (χ3n) is 4.54. The van der Waals surface area contributed by atoms with Gasteiger partial charge in [-0.2, -0.15) is 0 Å². The van der Waals surface area contributed by atoms with Crippen molar-refractivity contribution >= 4 is 35.0 Å². The first-order valence-corrected chi connectivity index (χ1v) is 13.0. The number of aromatic nitrogens is 1. The second-order valence-corrected chi connectivity index (χ2v) is 13.4. The summed E-state index contributed by atoms with van der Waals surface area (Å²) in [7, 11) is 0. The molecule has 1 heterocycles. The SMILES string of the molecule is CCCCCC(C(=O)O)[As](N)(CCO)c1ccnc2cc(O)ccc12. The topological polar surface area (TPSA) is 117 Å². The standard InChI is InChI=1S/C18H26AsN2O4/c1-2-3-4-5-16(18(24)25)19(20,9-11-22)15-8-10-21-17-12-13(23)6-7-14(15)17/h6-8,10,12,16,22-23H,2-5,9,11,20H2,1H3,(H,24,25). The summed E-state index contributed by atoms with van der Waals surface area (Å²) in [5.74, 6) is -0.784. The number of aromatic hydroxyl groups is 1. The van der Waals surface area contributed by atoms with Gasteiger partial charge in [-0.15, -0.1) is 0 Å². The molecule has 1 aromatic heterocycles. The average molecular weight is 409 g/mol.